The van der Waals surface area contributed by atoms with Crippen molar-refractivity contribution in [1.29, 1.82) is 0 Å². The van der Waals surface area contributed by atoms with Crippen molar-refractivity contribution in [1.82, 2.24) is 4.57 Å². The SMILES string of the molecule is O=C(O)c1ccc(OCCCO/N=C/c2cn(Cc3ccccc3)c3ccccc23)cc1O. The molecule has 2 N–H and O–H groups in total. The third-order valence-corrected chi connectivity index (χ3v) is 5.13. The highest BCUT2D eigenvalue weighted by Gasteiger charge is 2.10. The highest BCUT2D eigenvalue weighted by Crippen LogP contribution is 2.24. The number of carboxylic acids is 1. The average molecular weight is 444 g/mol. The second-order valence-corrected chi connectivity index (χ2v) is 7.47. The van der Waals surface area contributed by atoms with Gasteiger partial charge in [-0.3, -0.25) is 0 Å². The highest BCUT2D eigenvalue weighted by atomic mass is 16.6. The Morgan fingerprint density at radius 2 is 1.79 bits per heavy atom. The van der Waals surface area contributed by atoms with Gasteiger partial charge in [0.05, 0.1) is 12.8 Å². The lowest BCUT2D eigenvalue weighted by Gasteiger charge is -2.07. The molecule has 33 heavy (non-hydrogen) atoms. The van der Waals surface area contributed by atoms with E-state index in [-0.39, 0.29) is 11.3 Å². The first kappa shape index (κ1) is 22.0. The Bertz CT molecular complexity index is 1260. The maximum Gasteiger partial charge on any atom is 0.339 e. The standard InChI is InChI=1S/C26H24N2O5/c29-25-15-21(11-12-23(25)26(30)31)32-13-6-14-33-27-16-20-18-28(17-19-7-2-1-3-8-19)24-10-5-4-9-22(20)24/h1-5,7-12,15-16,18,29H,6,13-14,17H2,(H,30,31)/b27-16+. The molecule has 7 nitrogen and oxygen atoms in total. The van der Waals surface area contributed by atoms with Gasteiger partial charge in [-0.25, -0.2) is 4.79 Å². The fraction of sp³-hybridized carbons (Fsp3) is 0.154. The summed E-state index contributed by atoms with van der Waals surface area (Å²) in [5.74, 6) is -1.12. The predicted molar refractivity (Wildman–Crippen MR) is 126 cm³/mol. The fourth-order valence-electron chi connectivity index (χ4n) is 3.53. The molecule has 7 heteroatoms. The van der Waals surface area contributed by atoms with E-state index in [9.17, 15) is 9.90 Å². The molecule has 0 spiro atoms. The van der Waals surface area contributed by atoms with Crippen molar-refractivity contribution in [2.75, 3.05) is 13.2 Å². The largest absolute Gasteiger partial charge is 0.507 e. The van der Waals surface area contributed by atoms with Gasteiger partial charge < -0.3 is 24.4 Å². The predicted octanol–water partition coefficient (Wildman–Crippen LogP) is 4.91. The number of para-hydroxylation sites is 1. The maximum absolute atomic E-state index is 10.9. The van der Waals surface area contributed by atoms with Crippen molar-refractivity contribution in [2.45, 2.75) is 13.0 Å². The van der Waals surface area contributed by atoms with Crippen LogP contribution in [0, 0.1) is 0 Å². The van der Waals surface area contributed by atoms with Gasteiger partial charge in [0.1, 0.15) is 23.7 Å². The van der Waals surface area contributed by atoms with Gasteiger partial charge in [0.25, 0.3) is 0 Å². The van der Waals surface area contributed by atoms with Gasteiger partial charge in [-0.2, -0.15) is 0 Å². The molecule has 0 amide bonds. The molecule has 4 aromatic rings. The number of carbonyl (C=O) groups is 1. The van der Waals surface area contributed by atoms with Crippen LogP contribution in [0.3, 0.4) is 0 Å². The molecular weight excluding hydrogens is 420 g/mol. The fourth-order valence-corrected chi connectivity index (χ4v) is 3.53. The zero-order valence-electron chi connectivity index (χ0n) is 17.9. The zero-order chi connectivity index (χ0) is 23.0. The van der Waals surface area contributed by atoms with Crippen molar-refractivity contribution in [3.8, 4) is 11.5 Å². The van der Waals surface area contributed by atoms with Crippen molar-refractivity contribution in [2.24, 2.45) is 5.16 Å². The number of hydrogen-bond donors (Lipinski definition) is 2. The number of benzene rings is 3. The molecule has 168 valence electrons. The number of hydrogen-bond acceptors (Lipinski definition) is 5. The van der Waals surface area contributed by atoms with E-state index in [2.05, 4.69) is 40.2 Å². The van der Waals surface area contributed by atoms with E-state index in [0.29, 0.717) is 25.4 Å². The molecule has 0 saturated carbocycles. The summed E-state index contributed by atoms with van der Waals surface area (Å²) in [6.45, 7) is 1.48. The van der Waals surface area contributed by atoms with Crippen LogP contribution in [0.4, 0.5) is 0 Å². The number of phenols is 1. The highest BCUT2D eigenvalue weighted by molar-refractivity contribution is 5.99. The van der Waals surface area contributed by atoms with Crippen LogP contribution in [0.15, 0.2) is 84.1 Å². The number of ether oxygens (including phenoxy) is 1. The van der Waals surface area contributed by atoms with Gasteiger partial charge >= 0.3 is 5.97 Å². The van der Waals surface area contributed by atoms with Crippen LogP contribution < -0.4 is 4.74 Å². The monoisotopic (exact) mass is 444 g/mol. The van der Waals surface area contributed by atoms with Crippen molar-refractivity contribution in [3.05, 3.63) is 95.7 Å². The Morgan fingerprint density at radius 3 is 2.58 bits per heavy atom. The molecule has 0 unspecified atom stereocenters. The van der Waals surface area contributed by atoms with Crippen molar-refractivity contribution in [3.63, 3.8) is 0 Å². The minimum Gasteiger partial charge on any atom is -0.507 e. The number of rotatable bonds is 10. The topological polar surface area (TPSA) is 93.3 Å². The quantitative estimate of drug-likeness (QED) is 0.206. The normalized spacial score (nSPS) is 11.2. The number of fused-ring (bicyclic) bond motifs is 1. The van der Waals surface area contributed by atoms with Crippen molar-refractivity contribution < 1.29 is 24.6 Å². The first-order valence-electron chi connectivity index (χ1n) is 10.6. The van der Waals surface area contributed by atoms with Crippen LogP contribution in [0.25, 0.3) is 10.9 Å². The van der Waals surface area contributed by atoms with E-state index in [1.807, 2.05) is 30.3 Å². The summed E-state index contributed by atoms with van der Waals surface area (Å²) in [5.41, 5.74) is 3.18. The first-order chi connectivity index (χ1) is 16.1. The lowest BCUT2D eigenvalue weighted by atomic mass is 10.2. The third-order valence-electron chi connectivity index (χ3n) is 5.13. The number of nitrogens with zero attached hydrogens (tertiary/aromatic N) is 2. The molecule has 3 aromatic carbocycles. The number of carboxylic acid groups (broad SMARTS) is 1. The molecule has 0 radical (unpaired) electrons. The summed E-state index contributed by atoms with van der Waals surface area (Å²) in [6, 6.07) is 22.6. The van der Waals surface area contributed by atoms with Crippen LogP contribution in [-0.2, 0) is 11.4 Å². The Morgan fingerprint density at radius 1 is 1.00 bits per heavy atom. The molecule has 0 saturated heterocycles. The Balaban J connectivity index is 1.29. The van der Waals surface area contributed by atoms with E-state index in [1.54, 1.807) is 6.21 Å². The van der Waals surface area contributed by atoms with E-state index in [1.165, 1.54) is 23.8 Å². The van der Waals surface area contributed by atoms with E-state index < -0.39 is 5.97 Å². The molecule has 0 aliphatic rings. The summed E-state index contributed by atoms with van der Waals surface area (Å²) < 4.78 is 7.72. The van der Waals surface area contributed by atoms with Gasteiger partial charge in [-0.05, 0) is 23.8 Å². The summed E-state index contributed by atoms with van der Waals surface area (Å²) in [5, 5.41) is 23.8. The summed E-state index contributed by atoms with van der Waals surface area (Å²) in [4.78, 5) is 16.3. The second kappa shape index (κ2) is 10.4. The first-order valence-corrected chi connectivity index (χ1v) is 10.6. The number of aromatic carboxylic acids is 1. The van der Waals surface area contributed by atoms with Crippen LogP contribution >= 0.6 is 0 Å². The minimum absolute atomic E-state index is 0.162. The lowest BCUT2D eigenvalue weighted by molar-refractivity contribution is 0.0693. The summed E-state index contributed by atoms with van der Waals surface area (Å²) in [7, 11) is 0. The van der Waals surface area contributed by atoms with E-state index in [4.69, 9.17) is 14.7 Å². The van der Waals surface area contributed by atoms with Gasteiger partial charge in [-0.15, -0.1) is 0 Å². The lowest BCUT2D eigenvalue weighted by Crippen LogP contribution is -2.02. The third kappa shape index (κ3) is 5.51. The van der Waals surface area contributed by atoms with Crippen LogP contribution in [0.2, 0.25) is 0 Å². The Hall–Kier alpha value is -4.26. The molecule has 4 rings (SSSR count). The summed E-state index contributed by atoms with van der Waals surface area (Å²) >= 11 is 0. The van der Waals surface area contributed by atoms with Gasteiger partial charge in [0.15, 0.2) is 0 Å². The van der Waals surface area contributed by atoms with Crippen LogP contribution in [0.1, 0.15) is 27.9 Å². The Kier molecular flexibility index (Phi) is 6.90. The minimum atomic E-state index is -1.19. The zero-order valence-corrected chi connectivity index (χ0v) is 17.9. The van der Waals surface area contributed by atoms with Crippen molar-refractivity contribution >= 4 is 23.1 Å². The molecule has 0 aliphatic heterocycles. The van der Waals surface area contributed by atoms with Crippen LogP contribution in [-0.4, -0.2) is 40.2 Å². The summed E-state index contributed by atoms with van der Waals surface area (Å²) in [6.07, 6.45) is 4.36. The number of aromatic hydroxyl groups is 1. The van der Waals surface area contributed by atoms with Gasteiger partial charge in [0.2, 0.25) is 0 Å². The number of oxime groups is 1. The molecule has 1 aromatic heterocycles. The maximum atomic E-state index is 10.9. The molecule has 1 heterocycles. The molecular formula is C26H24N2O5. The molecule has 0 fully saturated rings. The molecule has 0 atom stereocenters. The average Bonchev–Trinajstić information content (AvgIpc) is 3.16. The van der Waals surface area contributed by atoms with Crippen LogP contribution in [0.5, 0.6) is 11.5 Å². The van der Waals surface area contributed by atoms with Gasteiger partial charge in [-0.1, -0.05) is 53.7 Å². The van der Waals surface area contributed by atoms with Gasteiger partial charge in [0, 0.05) is 41.7 Å². The molecule has 0 aliphatic carbocycles. The second-order valence-electron chi connectivity index (χ2n) is 7.47. The van der Waals surface area contributed by atoms with E-state index >= 15 is 0 Å². The molecule has 0 bridgehead atoms. The Labute approximate surface area is 191 Å². The number of aromatic nitrogens is 1. The smallest absolute Gasteiger partial charge is 0.339 e. The van der Waals surface area contributed by atoms with E-state index in [0.717, 1.165) is 23.0 Å².